The minimum Gasteiger partial charge on any atom is -0.493 e. The van der Waals surface area contributed by atoms with Crippen LogP contribution in [0.25, 0.3) is 0 Å². The summed E-state index contributed by atoms with van der Waals surface area (Å²) in [5, 5.41) is 12.9. The molecule has 2 N–H and O–H groups in total. The molecular weight excluding hydrogens is 346 g/mol. The van der Waals surface area contributed by atoms with Crippen molar-refractivity contribution in [3.8, 4) is 5.75 Å². The van der Waals surface area contributed by atoms with Crippen LogP contribution in [0, 0.1) is 5.92 Å². The van der Waals surface area contributed by atoms with Crippen molar-refractivity contribution in [2.45, 2.75) is 36.3 Å². The summed E-state index contributed by atoms with van der Waals surface area (Å²) in [5.74, 6) is 1.66. The van der Waals surface area contributed by atoms with Crippen LogP contribution in [0.5, 0.6) is 5.75 Å². The third-order valence-electron chi connectivity index (χ3n) is 5.12. The second-order valence-corrected chi connectivity index (χ2v) is 8.05. The van der Waals surface area contributed by atoms with Gasteiger partial charge in [0.15, 0.2) is 0 Å². The maximum absolute atomic E-state index is 12.5. The first kappa shape index (κ1) is 17.4. The molecule has 0 bridgehead atoms. The standard InChI is InChI=1S/C21H23NO3S/c23-17-11-16(12-17)21(15-6-7-19-14(10-15)8-9-25-19)22-20(24)13-26-18-4-2-1-3-5-18/h1-7,10,16-17,21,23H,8-9,11-13H2,(H,22,24)/t16?,17?,21-/m1/s1. The molecule has 0 saturated heterocycles. The maximum Gasteiger partial charge on any atom is 0.230 e. The smallest absolute Gasteiger partial charge is 0.230 e. The molecule has 1 amide bonds. The largest absolute Gasteiger partial charge is 0.493 e. The number of aliphatic hydroxyl groups excluding tert-OH is 1. The van der Waals surface area contributed by atoms with E-state index in [4.69, 9.17) is 4.74 Å². The Labute approximate surface area is 158 Å². The summed E-state index contributed by atoms with van der Waals surface area (Å²) in [6.45, 7) is 0.728. The van der Waals surface area contributed by atoms with Gasteiger partial charge in [-0.3, -0.25) is 4.79 Å². The van der Waals surface area contributed by atoms with Crippen molar-refractivity contribution in [1.82, 2.24) is 5.32 Å². The Bertz CT molecular complexity index is 774. The molecule has 1 saturated carbocycles. The zero-order chi connectivity index (χ0) is 17.9. The van der Waals surface area contributed by atoms with E-state index in [1.54, 1.807) is 11.8 Å². The van der Waals surface area contributed by atoms with Crippen molar-refractivity contribution >= 4 is 17.7 Å². The van der Waals surface area contributed by atoms with Crippen LogP contribution in [0.1, 0.15) is 30.0 Å². The second-order valence-electron chi connectivity index (χ2n) is 7.00. The number of aliphatic hydroxyl groups is 1. The van der Waals surface area contributed by atoms with Gasteiger partial charge >= 0.3 is 0 Å². The van der Waals surface area contributed by atoms with Crippen LogP contribution >= 0.6 is 11.8 Å². The van der Waals surface area contributed by atoms with Crippen molar-refractivity contribution in [1.29, 1.82) is 0 Å². The molecule has 1 aliphatic carbocycles. The lowest BCUT2D eigenvalue weighted by molar-refractivity contribution is -0.120. The van der Waals surface area contributed by atoms with E-state index in [1.807, 2.05) is 42.5 Å². The van der Waals surface area contributed by atoms with Crippen molar-refractivity contribution < 1.29 is 14.6 Å². The van der Waals surface area contributed by atoms with Gasteiger partial charge in [0, 0.05) is 11.3 Å². The number of ether oxygens (including phenoxy) is 1. The highest BCUT2D eigenvalue weighted by atomic mass is 32.2. The molecule has 0 unspecified atom stereocenters. The summed E-state index contributed by atoms with van der Waals surface area (Å²) in [7, 11) is 0. The average Bonchev–Trinajstić information content (AvgIpc) is 3.11. The SMILES string of the molecule is O=C(CSc1ccccc1)N[C@H](c1ccc2c(c1)CCO2)C1CC(O)C1. The zero-order valence-corrected chi connectivity index (χ0v) is 15.4. The predicted octanol–water partition coefficient (Wildman–Crippen LogP) is 3.34. The Morgan fingerprint density at radius 1 is 1.23 bits per heavy atom. The lowest BCUT2D eigenvalue weighted by Crippen LogP contribution is -2.42. The summed E-state index contributed by atoms with van der Waals surface area (Å²) in [5.41, 5.74) is 2.32. The molecule has 2 aromatic carbocycles. The highest BCUT2D eigenvalue weighted by Crippen LogP contribution is 2.39. The molecule has 2 aliphatic rings. The lowest BCUT2D eigenvalue weighted by Gasteiger charge is -2.38. The molecule has 1 atom stereocenters. The van der Waals surface area contributed by atoms with E-state index in [2.05, 4.69) is 11.4 Å². The number of carbonyl (C=O) groups excluding carboxylic acids is 1. The number of amides is 1. The van der Waals surface area contributed by atoms with Crippen molar-refractivity contribution in [2.24, 2.45) is 5.92 Å². The summed E-state index contributed by atoms with van der Waals surface area (Å²) in [4.78, 5) is 13.6. The van der Waals surface area contributed by atoms with E-state index < -0.39 is 0 Å². The summed E-state index contributed by atoms with van der Waals surface area (Å²) in [6, 6.07) is 16.1. The van der Waals surface area contributed by atoms with Gasteiger partial charge in [0.1, 0.15) is 5.75 Å². The first-order chi connectivity index (χ1) is 12.7. The minimum absolute atomic E-state index is 0.0296. The number of hydrogen-bond acceptors (Lipinski definition) is 4. The first-order valence-corrected chi connectivity index (χ1v) is 10.1. The highest BCUT2D eigenvalue weighted by molar-refractivity contribution is 8.00. The fraction of sp³-hybridized carbons (Fsp3) is 0.381. The lowest BCUT2D eigenvalue weighted by atomic mass is 9.75. The average molecular weight is 369 g/mol. The fourth-order valence-corrected chi connectivity index (χ4v) is 4.39. The van der Waals surface area contributed by atoms with Crippen molar-refractivity contribution in [2.75, 3.05) is 12.4 Å². The third-order valence-corrected chi connectivity index (χ3v) is 6.14. The van der Waals surface area contributed by atoms with Gasteiger partial charge in [0.25, 0.3) is 0 Å². The number of nitrogens with one attached hydrogen (secondary N) is 1. The Morgan fingerprint density at radius 2 is 2.04 bits per heavy atom. The molecule has 26 heavy (non-hydrogen) atoms. The molecule has 4 rings (SSSR count). The number of benzene rings is 2. The molecule has 1 heterocycles. The molecular formula is C21H23NO3S. The minimum atomic E-state index is -0.240. The molecule has 5 heteroatoms. The fourth-order valence-electron chi connectivity index (χ4n) is 3.66. The Kier molecular flexibility index (Phi) is 5.18. The van der Waals surface area contributed by atoms with Crippen LogP contribution < -0.4 is 10.1 Å². The molecule has 0 spiro atoms. The topological polar surface area (TPSA) is 58.6 Å². The van der Waals surface area contributed by atoms with Gasteiger partial charge in [0.05, 0.1) is 24.5 Å². The summed E-state index contributed by atoms with van der Waals surface area (Å²) in [6.07, 6.45) is 2.16. The highest BCUT2D eigenvalue weighted by Gasteiger charge is 2.36. The van der Waals surface area contributed by atoms with Crippen LogP contribution in [0.3, 0.4) is 0 Å². The van der Waals surface area contributed by atoms with E-state index >= 15 is 0 Å². The van der Waals surface area contributed by atoms with Crippen molar-refractivity contribution in [3.05, 3.63) is 59.7 Å². The normalized spacial score (nSPS) is 22.0. The van der Waals surface area contributed by atoms with Crippen molar-refractivity contribution in [3.63, 3.8) is 0 Å². The van der Waals surface area contributed by atoms with E-state index in [1.165, 1.54) is 5.56 Å². The predicted molar refractivity (Wildman–Crippen MR) is 102 cm³/mol. The van der Waals surface area contributed by atoms with E-state index in [0.29, 0.717) is 5.75 Å². The summed E-state index contributed by atoms with van der Waals surface area (Å²) < 4.78 is 5.59. The molecule has 1 aliphatic heterocycles. The van der Waals surface area contributed by atoms with Gasteiger partial charge in [-0.1, -0.05) is 24.3 Å². The zero-order valence-electron chi connectivity index (χ0n) is 14.6. The van der Waals surface area contributed by atoms with Crippen LogP contribution in [0.4, 0.5) is 0 Å². The number of hydrogen-bond donors (Lipinski definition) is 2. The van der Waals surface area contributed by atoms with Gasteiger partial charge in [-0.05, 0) is 54.2 Å². The van der Waals surface area contributed by atoms with Crippen LogP contribution in [0.15, 0.2) is 53.4 Å². The van der Waals surface area contributed by atoms with E-state index in [0.717, 1.165) is 42.1 Å². The third kappa shape index (κ3) is 3.89. The molecule has 1 fully saturated rings. The summed E-state index contributed by atoms with van der Waals surface area (Å²) >= 11 is 1.54. The van der Waals surface area contributed by atoms with E-state index in [-0.39, 0.29) is 24.0 Å². The van der Waals surface area contributed by atoms with Gasteiger partial charge in [-0.15, -0.1) is 11.8 Å². The monoisotopic (exact) mass is 369 g/mol. The second kappa shape index (κ2) is 7.72. The van der Waals surface area contributed by atoms with E-state index in [9.17, 15) is 9.90 Å². The van der Waals surface area contributed by atoms with Gasteiger partial charge in [-0.2, -0.15) is 0 Å². The number of fused-ring (bicyclic) bond motifs is 1. The Balaban J connectivity index is 1.44. The Hall–Kier alpha value is -1.98. The molecule has 2 aromatic rings. The quantitative estimate of drug-likeness (QED) is 0.767. The van der Waals surface area contributed by atoms with Gasteiger partial charge < -0.3 is 15.2 Å². The van der Waals surface area contributed by atoms with Crippen LogP contribution in [-0.4, -0.2) is 29.5 Å². The maximum atomic E-state index is 12.5. The van der Waals surface area contributed by atoms with Gasteiger partial charge in [-0.25, -0.2) is 0 Å². The van der Waals surface area contributed by atoms with Gasteiger partial charge in [0.2, 0.25) is 5.91 Å². The molecule has 4 nitrogen and oxygen atoms in total. The van der Waals surface area contributed by atoms with Crippen LogP contribution in [-0.2, 0) is 11.2 Å². The molecule has 0 radical (unpaired) electrons. The molecule has 136 valence electrons. The number of carbonyl (C=O) groups is 1. The molecule has 0 aromatic heterocycles. The van der Waals surface area contributed by atoms with Crippen LogP contribution in [0.2, 0.25) is 0 Å². The Morgan fingerprint density at radius 3 is 2.81 bits per heavy atom. The number of thioether (sulfide) groups is 1. The first-order valence-electron chi connectivity index (χ1n) is 9.10. The number of rotatable bonds is 6.